The van der Waals surface area contributed by atoms with Crippen LogP contribution in [-0.2, 0) is 23.8 Å². The fraction of sp³-hybridized carbons (Fsp3) is 0.875. The van der Waals surface area contributed by atoms with Crippen molar-refractivity contribution < 1.29 is 39.1 Å². The Bertz CT molecular complexity index is 460. The van der Waals surface area contributed by atoms with Crippen LogP contribution in [0.2, 0.25) is 0 Å². The minimum absolute atomic E-state index is 0.342. The molecule has 0 aromatic rings. The third kappa shape index (κ3) is 5.14. The van der Waals surface area contributed by atoms with Gasteiger partial charge >= 0.3 is 11.9 Å². The van der Waals surface area contributed by atoms with Crippen LogP contribution in [0.15, 0.2) is 0 Å². The molecule has 0 aromatic carbocycles. The Labute approximate surface area is 141 Å². The van der Waals surface area contributed by atoms with Gasteiger partial charge in [0.25, 0.3) is 0 Å². The van der Waals surface area contributed by atoms with Crippen molar-refractivity contribution in [2.75, 3.05) is 6.61 Å². The molecule has 1 saturated heterocycles. The highest BCUT2D eigenvalue weighted by Crippen LogP contribution is 2.26. The van der Waals surface area contributed by atoms with E-state index in [0.717, 1.165) is 0 Å². The van der Waals surface area contributed by atoms with E-state index in [-0.39, 0.29) is 6.61 Å². The number of hydrogen-bond donors (Lipinski definition) is 3. The van der Waals surface area contributed by atoms with Crippen molar-refractivity contribution in [2.24, 2.45) is 10.8 Å². The van der Waals surface area contributed by atoms with E-state index < -0.39 is 53.5 Å². The third-order valence-corrected chi connectivity index (χ3v) is 3.51. The van der Waals surface area contributed by atoms with Gasteiger partial charge in [0.1, 0.15) is 24.9 Å². The average molecular weight is 348 g/mol. The third-order valence-electron chi connectivity index (χ3n) is 3.51. The van der Waals surface area contributed by atoms with Gasteiger partial charge in [-0.25, -0.2) is 0 Å². The van der Waals surface area contributed by atoms with Gasteiger partial charge in [-0.3, -0.25) is 9.59 Å². The first kappa shape index (κ1) is 20.8. The quantitative estimate of drug-likeness (QED) is 0.608. The van der Waals surface area contributed by atoms with Crippen molar-refractivity contribution in [2.45, 2.75) is 72.2 Å². The van der Waals surface area contributed by atoms with Gasteiger partial charge in [-0.1, -0.05) is 0 Å². The first-order chi connectivity index (χ1) is 10.7. The Morgan fingerprint density at radius 3 is 1.88 bits per heavy atom. The van der Waals surface area contributed by atoms with Crippen molar-refractivity contribution in [1.82, 2.24) is 0 Å². The second-order valence-electron chi connectivity index (χ2n) is 8.01. The SMILES string of the molecule is CC(C)(C)C(=O)OC[C@H]1O[C@@H](O)[C@H](OC(=O)C(C)(C)C)[C@@H](O)[C@@H]1O. The molecule has 5 atom stereocenters. The summed E-state index contributed by atoms with van der Waals surface area (Å²) in [6, 6.07) is 0. The van der Waals surface area contributed by atoms with Gasteiger partial charge < -0.3 is 29.5 Å². The normalized spacial score (nSPS) is 31.5. The molecule has 0 radical (unpaired) electrons. The lowest BCUT2D eigenvalue weighted by atomic mass is 9.95. The highest BCUT2D eigenvalue weighted by atomic mass is 16.7. The van der Waals surface area contributed by atoms with Crippen LogP contribution in [0.1, 0.15) is 41.5 Å². The number of carbonyl (C=O) groups excluding carboxylic acids is 2. The number of esters is 2. The van der Waals surface area contributed by atoms with E-state index in [1.54, 1.807) is 41.5 Å². The summed E-state index contributed by atoms with van der Waals surface area (Å²) in [5, 5.41) is 30.2. The number of hydrogen-bond acceptors (Lipinski definition) is 8. The topological polar surface area (TPSA) is 123 Å². The van der Waals surface area contributed by atoms with Crippen molar-refractivity contribution in [1.29, 1.82) is 0 Å². The van der Waals surface area contributed by atoms with Gasteiger partial charge in [-0.2, -0.15) is 0 Å². The van der Waals surface area contributed by atoms with Gasteiger partial charge in [0.15, 0.2) is 12.4 Å². The fourth-order valence-corrected chi connectivity index (χ4v) is 1.86. The molecular weight excluding hydrogens is 320 g/mol. The second-order valence-corrected chi connectivity index (χ2v) is 8.01. The van der Waals surface area contributed by atoms with E-state index >= 15 is 0 Å². The molecule has 0 aliphatic carbocycles. The lowest BCUT2D eigenvalue weighted by molar-refractivity contribution is -0.293. The largest absolute Gasteiger partial charge is 0.462 e. The van der Waals surface area contributed by atoms with Crippen LogP contribution in [-0.4, -0.2) is 64.6 Å². The second kappa shape index (κ2) is 7.35. The first-order valence-corrected chi connectivity index (χ1v) is 7.83. The summed E-state index contributed by atoms with van der Waals surface area (Å²) in [5.41, 5.74) is -1.58. The molecule has 0 aromatic heterocycles. The number of rotatable bonds is 3. The van der Waals surface area contributed by atoms with E-state index in [0.29, 0.717) is 0 Å². The molecule has 1 fully saturated rings. The molecule has 0 amide bonds. The van der Waals surface area contributed by atoms with Crippen molar-refractivity contribution in [3.8, 4) is 0 Å². The van der Waals surface area contributed by atoms with E-state index in [2.05, 4.69) is 0 Å². The molecule has 8 heteroatoms. The van der Waals surface area contributed by atoms with Crippen LogP contribution < -0.4 is 0 Å². The van der Waals surface area contributed by atoms with E-state index in [9.17, 15) is 24.9 Å². The van der Waals surface area contributed by atoms with Gasteiger partial charge in [0, 0.05) is 0 Å². The predicted octanol–water partition coefficient (Wildman–Crippen LogP) is -0.0274. The molecule has 0 unspecified atom stereocenters. The minimum atomic E-state index is -1.65. The molecule has 0 spiro atoms. The highest BCUT2D eigenvalue weighted by Gasteiger charge is 2.47. The average Bonchev–Trinajstić information content (AvgIpc) is 2.43. The summed E-state index contributed by atoms with van der Waals surface area (Å²) in [4.78, 5) is 23.6. The molecule has 24 heavy (non-hydrogen) atoms. The number of carbonyl (C=O) groups is 2. The Morgan fingerprint density at radius 1 is 0.917 bits per heavy atom. The summed E-state index contributed by atoms with van der Waals surface area (Å²) < 4.78 is 15.2. The van der Waals surface area contributed by atoms with Gasteiger partial charge in [-0.15, -0.1) is 0 Å². The zero-order valence-corrected chi connectivity index (χ0v) is 15.0. The predicted molar refractivity (Wildman–Crippen MR) is 82.6 cm³/mol. The monoisotopic (exact) mass is 348 g/mol. The molecular formula is C16H28O8. The number of aliphatic hydroxyl groups excluding tert-OH is 3. The lowest BCUT2D eigenvalue weighted by Gasteiger charge is -2.40. The van der Waals surface area contributed by atoms with Crippen molar-refractivity contribution in [3.63, 3.8) is 0 Å². The van der Waals surface area contributed by atoms with E-state index in [1.165, 1.54) is 0 Å². The van der Waals surface area contributed by atoms with Crippen LogP contribution in [0.25, 0.3) is 0 Å². The van der Waals surface area contributed by atoms with Crippen LogP contribution in [0.3, 0.4) is 0 Å². The molecule has 1 rings (SSSR count). The lowest BCUT2D eigenvalue weighted by Crippen LogP contribution is -2.60. The van der Waals surface area contributed by atoms with E-state index in [4.69, 9.17) is 14.2 Å². The molecule has 0 bridgehead atoms. The maximum atomic E-state index is 11.9. The summed E-state index contributed by atoms with van der Waals surface area (Å²) in [6.45, 7) is 9.50. The summed E-state index contributed by atoms with van der Waals surface area (Å²) in [7, 11) is 0. The number of ether oxygens (including phenoxy) is 3. The van der Waals surface area contributed by atoms with Gasteiger partial charge in [0.05, 0.1) is 10.8 Å². The molecule has 1 aliphatic heterocycles. The van der Waals surface area contributed by atoms with E-state index in [1.807, 2.05) is 0 Å². The summed E-state index contributed by atoms with van der Waals surface area (Å²) in [5.74, 6) is -1.16. The molecule has 1 aliphatic rings. The Kier molecular flexibility index (Phi) is 6.37. The highest BCUT2D eigenvalue weighted by molar-refractivity contribution is 5.76. The zero-order valence-electron chi connectivity index (χ0n) is 15.0. The molecule has 8 nitrogen and oxygen atoms in total. The molecule has 0 saturated carbocycles. The maximum Gasteiger partial charge on any atom is 0.311 e. The van der Waals surface area contributed by atoms with Crippen molar-refractivity contribution in [3.05, 3.63) is 0 Å². The summed E-state index contributed by atoms with van der Waals surface area (Å²) >= 11 is 0. The van der Waals surface area contributed by atoms with Gasteiger partial charge in [-0.05, 0) is 41.5 Å². The fourth-order valence-electron chi connectivity index (χ4n) is 1.86. The van der Waals surface area contributed by atoms with Crippen LogP contribution in [0.5, 0.6) is 0 Å². The standard InChI is InChI=1S/C16H28O8/c1-15(2,3)13(20)22-7-8-9(17)10(18)11(12(19)23-8)24-14(21)16(4,5)6/h8-12,17-19H,7H2,1-6H3/t8-,9-,10+,11-,12-/m1/s1. The van der Waals surface area contributed by atoms with Crippen LogP contribution >= 0.6 is 0 Å². The zero-order chi connectivity index (χ0) is 18.9. The Balaban J connectivity index is 2.70. The number of aliphatic hydroxyl groups is 3. The van der Waals surface area contributed by atoms with Crippen molar-refractivity contribution >= 4 is 11.9 Å². The van der Waals surface area contributed by atoms with Crippen LogP contribution in [0.4, 0.5) is 0 Å². The van der Waals surface area contributed by atoms with Gasteiger partial charge in [0.2, 0.25) is 0 Å². The smallest absolute Gasteiger partial charge is 0.311 e. The first-order valence-electron chi connectivity index (χ1n) is 7.83. The summed E-state index contributed by atoms with van der Waals surface area (Å²) in [6.07, 6.45) is -7.27. The Hall–Kier alpha value is -1.22. The molecule has 140 valence electrons. The molecule has 1 heterocycles. The Morgan fingerprint density at radius 2 is 1.42 bits per heavy atom. The molecule has 3 N–H and O–H groups in total. The van der Waals surface area contributed by atoms with Crippen LogP contribution in [0, 0.1) is 10.8 Å². The minimum Gasteiger partial charge on any atom is -0.462 e. The maximum absolute atomic E-state index is 11.9.